The Hall–Kier alpha value is -0.901. The van der Waals surface area contributed by atoms with E-state index in [-0.39, 0.29) is 15.0 Å². The van der Waals surface area contributed by atoms with Crippen LogP contribution in [0.3, 0.4) is 0 Å². The van der Waals surface area contributed by atoms with Crippen molar-refractivity contribution in [2.24, 2.45) is 5.92 Å². The fourth-order valence-corrected chi connectivity index (χ4v) is 4.40. The molecule has 94 valence electrons. The van der Waals surface area contributed by atoms with Crippen LogP contribution in [-0.2, 0) is 0 Å². The molecule has 0 radical (unpaired) electrons. The zero-order valence-electron chi connectivity index (χ0n) is 10.2. The molecular weight excluding hydrogens is 291 g/mol. The SMILES string of the molecule is c1cc(NC2CN3CCC2CC3)c2n[se]nc2c1. The molecule has 1 unspecified atom stereocenters. The Labute approximate surface area is 113 Å². The molecule has 2 aromatic rings. The first-order valence-corrected chi connectivity index (χ1v) is 8.13. The number of hydrogen-bond donors (Lipinski definition) is 1. The van der Waals surface area contributed by atoms with Crippen LogP contribution in [0.1, 0.15) is 12.8 Å². The Balaban J connectivity index is 1.62. The molecule has 4 heterocycles. The third-order valence-electron chi connectivity index (χ3n) is 4.28. The molecule has 1 aromatic heterocycles. The van der Waals surface area contributed by atoms with Crippen molar-refractivity contribution in [2.75, 3.05) is 25.0 Å². The number of benzene rings is 1. The van der Waals surface area contributed by atoms with E-state index in [0.29, 0.717) is 6.04 Å². The molecule has 5 heteroatoms. The second kappa shape index (κ2) is 4.33. The van der Waals surface area contributed by atoms with Crippen molar-refractivity contribution in [1.29, 1.82) is 0 Å². The van der Waals surface area contributed by atoms with Gasteiger partial charge >= 0.3 is 112 Å². The Morgan fingerprint density at radius 1 is 1.22 bits per heavy atom. The summed E-state index contributed by atoms with van der Waals surface area (Å²) in [4.78, 5) is 2.58. The van der Waals surface area contributed by atoms with Crippen LogP contribution in [0.5, 0.6) is 0 Å². The second-order valence-corrected chi connectivity index (χ2v) is 6.44. The number of hydrogen-bond acceptors (Lipinski definition) is 4. The van der Waals surface area contributed by atoms with Crippen molar-refractivity contribution >= 4 is 31.7 Å². The van der Waals surface area contributed by atoms with Crippen LogP contribution < -0.4 is 5.32 Å². The number of aromatic nitrogens is 2. The average Bonchev–Trinajstić information content (AvgIpc) is 2.90. The number of nitrogens with zero attached hydrogens (tertiary/aromatic N) is 3. The number of piperidine rings is 3. The van der Waals surface area contributed by atoms with E-state index in [2.05, 4.69) is 36.4 Å². The van der Waals surface area contributed by atoms with E-state index in [0.717, 1.165) is 17.0 Å². The van der Waals surface area contributed by atoms with E-state index >= 15 is 0 Å². The van der Waals surface area contributed by atoms with E-state index < -0.39 is 0 Å². The molecule has 0 saturated carbocycles. The molecule has 1 N–H and O–H groups in total. The van der Waals surface area contributed by atoms with E-state index in [1.54, 1.807) is 0 Å². The van der Waals surface area contributed by atoms with Crippen molar-refractivity contribution in [2.45, 2.75) is 18.9 Å². The van der Waals surface area contributed by atoms with Gasteiger partial charge in [0, 0.05) is 0 Å². The standard InChI is InChI=1S/C13H16N4Se/c1-2-10(13-11(3-1)15-18-16-13)14-12-8-17-6-4-9(12)5-7-17/h1-3,9,12,14H,4-8H2. The number of nitrogens with one attached hydrogen (secondary N) is 1. The molecule has 3 aliphatic heterocycles. The van der Waals surface area contributed by atoms with Gasteiger partial charge in [0.05, 0.1) is 0 Å². The summed E-state index contributed by atoms with van der Waals surface area (Å²) in [5, 5.41) is 3.73. The maximum atomic E-state index is 4.55. The third kappa shape index (κ3) is 1.78. The summed E-state index contributed by atoms with van der Waals surface area (Å²) < 4.78 is 8.99. The number of anilines is 1. The van der Waals surface area contributed by atoms with Crippen molar-refractivity contribution in [1.82, 2.24) is 12.9 Å². The van der Waals surface area contributed by atoms with Crippen LogP contribution in [0.2, 0.25) is 0 Å². The fraction of sp³-hybridized carbons (Fsp3) is 0.538. The summed E-state index contributed by atoms with van der Waals surface area (Å²) >= 11 is 0.0647. The summed E-state index contributed by atoms with van der Waals surface area (Å²) in [7, 11) is 0. The Bertz CT molecular complexity index is 559. The van der Waals surface area contributed by atoms with Gasteiger partial charge in [-0.15, -0.1) is 0 Å². The minimum absolute atomic E-state index is 0.0647. The summed E-state index contributed by atoms with van der Waals surface area (Å²) in [6.45, 7) is 3.77. The van der Waals surface area contributed by atoms with Gasteiger partial charge in [-0.3, -0.25) is 0 Å². The van der Waals surface area contributed by atoms with Gasteiger partial charge in [-0.1, -0.05) is 0 Å². The molecule has 3 aliphatic rings. The van der Waals surface area contributed by atoms with Gasteiger partial charge in [-0.05, 0) is 0 Å². The predicted molar refractivity (Wildman–Crippen MR) is 73.1 cm³/mol. The van der Waals surface area contributed by atoms with E-state index in [4.69, 9.17) is 0 Å². The van der Waals surface area contributed by atoms with Crippen LogP contribution >= 0.6 is 0 Å². The number of rotatable bonds is 2. The molecule has 3 fully saturated rings. The summed E-state index contributed by atoms with van der Waals surface area (Å²) in [6, 6.07) is 6.90. The van der Waals surface area contributed by atoms with E-state index in [1.165, 1.54) is 38.2 Å². The Morgan fingerprint density at radius 2 is 2.11 bits per heavy atom. The first-order chi connectivity index (χ1) is 8.90. The van der Waals surface area contributed by atoms with Crippen molar-refractivity contribution in [3.63, 3.8) is 0 Å². The maximum absolute atomic E-state index is 4.55. The Morgan fingerprint density at radius 3 is 2.89 bits per heavy atom. The number of fused-ring (bicyclic) bond motifs is 4. The van der Waals surface area contributed by atoms with Gasteiger partial charge in [0.2, 0.25) is 0 Å². The third-order valence-corrected chi connectivity index (χ3v) is 5.42. The molecule has 0 amide bonds. The predicted octanol–water partition coefficient (Wildman–Crippen LogP) is 1.19. The van der Waals surface area contributed by atoms with Gasteiger partial charge in [0.1, 0.15) is 0 Å². The first kappa shape index (κ1) is 11.0. The molecule has 18 heavy (non-hydrogen) atoms. The fourth-order valence-electron chi connectivity index (χ4n) is 3.25. The molecular formula is C13H16N4Se. The van der Waals surface area contributed by atoms with Crippen molar-refractivity contribution in [3.05, 3.63) is 18.2 Å². The van der Waals surface area contributed by atoms with Crippen molar-refractivity contribution in [3.8, 4) is 0 Å². The zero-order valence-corrected chi connectivity index (χ0v) is 11.9. The molecule has 0 spiro atoms. The van der Waals surface area contributed by atoms with Gasteiger partial charge in [0.25, 0.3) is 0 Å². The molecule has 2 bridgehead atoms. The van der Waals surface area contributed by atoms with Crippen molar-refractivity contribution < 1.29 is 0 Å². The second-order valence-electron chi connectivity index (χ2n) is 5.33. The Kier molecular flexibility index (Phi) is 2.64. The molecule has 3 saturated heterocycles. The molecule has 0 aliphatic carbocycles. The summed E-state index contributed by atoms with van der Waals surface area (Å²) in [5.74, 6) is 0.842. The van der Waals surface area contributed by atoms with E-state index in [9.17, 15) is 0 Å². The van der Waals surface area contributed by atoms with Crippen LogP contribution in [0.25, 0.3) is 11.0 Å². The van der Waals surface area contributed by atoms with Gasteiger partial charge in [0.15, 0.2) is 0 Å². The van der Waals surface area contributed by atoms with Crippen LogP contribution in [0.15, 0.2) is 18.2 Å². The monoisotopic (exact) mass is 308 g/mol. The normalized spacial score (nSPS) is 30.8. The van der Waals surface area contributed by atoms with Crippen LogP contribution in [0.4, 0.5) is 5.69 Å². The molecule has 1 aromatic carbocycles. The summed E-state index contributed by atoms with van der Waals surface area (Å²) in [5.41, 5.74) is 3.35. The molecule has 5 rings (SSSR count). The quantitative estimate of drug-likeness (QED) is 0.846. The van der Waals surface area contributed by atoms with E-state index in [1.807, 2.05) is 0 Å². The van der Waals surface area contributed by atoms with Crippen LogP contribution in [0, 0.1) is 5.92 Å². The van der Waals surface area contributed by atoms with Gasteiger partial charge in [-0.25, -0.2) is 0 Å². The first-order valence-electron chi connectivity index (χ1n) is 6.60. The minimum atomic E-state index is 0.0647. The summed E-state index contributed by atoms with van der Waals surface area (Å²) in [6.07, 6.45) is 2.69. The topological polar surface area (TPSA) is 41.0 Å². The van der Waals surface area contributed by atoms with Crippen LogP contribution in [-0.4, -0.2) is 53.5 Å². The molecule has 4 nitrogen and oxygen atoms in total. The zero-order chi connectivity index (χ0) is 11.9. The molecule has 1 atom stereocenters. The van der Waals surface area contributed by atoms with Gasteiger partial charge < -0.3 is 0 Å². The van der Waals surface area contributed by atoms with Gasteiger partial charge in [-0.2, -0.15) is 0 Å². The average molecular weight is 307 g/mol.